The first kappa shape index (κ1) is 22.5. The van der Waals surface area contributed by atoms with Gasteiger partial charge in [0.05, 0.1) is 39.4 Å². The largest absolute Gasteiger partial charge is 0.478 e. The molecule has 0 radical (unpaired) electrons. The van der Waals surface area contributed by atoms with Crippen LogP contribution in [-0.4, -0.2) is 37.7 Å². The topological polar surface area (TPSA) is 106 Å². The van der Waals surface area contributed by atoms with E-state index in [0.717, 1.165) is 0 Å². The molecule has 0 atom stereocenters. The first-order chi connectivity index (χ1) is 14.5. The number of carboxylic acid groups (broad SMARTS) is 1. The summed E-state index contributed by atoms with van der Waals surface area (Å²) in [4.78, 5) is 38.0. The maximum atomic E-state index is 13.0. The highest BCUT2D eigenvalue weighted by molar-refractivity contribution is 6.42. The van der Waals surface area contributed by atoms with Crippen molar-refractivity contribution in [3.63, 3.8) is 0 Å². The summed E-state index contributed by atoms with van der Waals surface area (Å²) in [6, 6.07) is 6.07. The van der Waals surface area contributed by atoms with E-state index in [0.29, 0.717) is 22.0 Å². The van der Waals surface area contributed by atoms with Gasteiger partial charge in [0.2, 0.25) is 0 Å². The fraction of sp³-hybridized carbons (Fsp3) is 0.190. The van der Waals surface area contributed by atoms with Crippen molar-refractivity contribution in [2.45, 2.75) is 26.4 Å². The van der Waals surface area contributed by atoms with Gasteiger partial charge in [0.1, 0.15) is 5.60 Å². The summed E-state index contributed by atoms with van der Waals surface area (Å²) in [7, 11) is 0. The molecule has 2 heterocycles. The minimum Gasteiger partial charge on any atom is -0.478 e. The molecule has 0 aliphatic carbocycles. The molecule has 0 fully saturated rings. The van der Waals surface area contributed by atoms with Crippen molar-refractivity contribution in [1.29, 1.82) is 0 Å². The van der Waals surface area contributed by atoms with E-state index in [1.54, 1.807) is 32.9 Å². The van der Waals surface area contributed by atoms with Crippen LogP contribution in [0.4, 0.5) is 16.3 Å². The Hall–Kier alpha value is -3.23. The highest BCUT2D eigenvalue weighted by Crippen LogP contribution is 2.32. The Kier molecular flexibility index (Phi) is 6.42. The fourth-order valence-corrected chi connectivity index (χ4v) is 2.85. The number of carboxylic acids is 1. The average Bonchev–Trinajstić information content (AvgIpc) is 2.70. The number of benzene rings is 1. The Labute approximate surface area is 188 Å². The Morgan fingerprint density at radius 3 is 2.35 bits per heavy atom. The summed E-state index contributed by atoms with van der Waals surface area (Å²) in [6.45, 7) is 5.22. The zero-order valence-corrected chi connectivity index (χ0v) is 18.3. The molecule has 31 heavy (non-hydrogen) atoms. The molecule has 2 aromatic heterocycles. The summed E-state index contributed by atoms with van der Waals surface area (Å²) in [5.74, 6) is -0.976. The quantitative estimate of drug-likeness (QED) is 0.538. The normalized spacial score (nSPS) is 11.1. The Morgan fingerprint density at radius 2 is 1.71 bits per heavy atom. The number of aromatic carboxylic acids is 1. The molecule has 3 rings (SSSR count). The highest BCUT2D eigenvalue weighted by Gasteiger charge is 2.27. The van der Waals surface area contributed by atoms with Gasteiger partial charge in [0.15, 0.2) is 5.82 Å². The number of halogens is 2. The first-order valence-corrected chi connectivity index (χ1v) is 9.79. The average molecular weight is 461 g/mol. The highest BCUT2D eigenvalue weighted by atomic mass is 35.5. The van der Waals surface area contributed by atoms with Crippen LogP contribution in [0.1, 0.15) is 31.1 Å². The molecule has 1 N–H and O–H groups in total. The molecule has 160 valence electrons. The molecule has 0 bridgehead atoms. The molecular formula is C21H18Cl2N4O4. The van der Waals surface area contributed by atoms with Gasteiger partial charge in [-0.1, -0.05) is 23.2 Å². The van der Waals surface area contributed by atoms with E-state index in [1.165, 1.54) is 41.8 Å². The van der Waals surface area contributed by atoms with Gasteiger partial charge in [0.25, 0.3) is 0 Å². The van der Waals surface area contributed by atoms with E-state index in [2.05, 4.69) is 15.0 Å². The lowest BCUT2D eigenvalue weighted by atomic mass is 10.1. The molecule has 0 aliphatic rings. The first-order valence-electron chi connectivity index (χ1n) is 9.04. The van der Waals surface area contributed by atoms with E-state index in [9.17, 15) is 14.7 Å². The van der Waals surface area contributed by atoms with Crippen LogP contribution in [-0.2, 0) is 4.74 Å². The van der Waals surface area contributed by atoms with Gasteiger partial charge >= 0.3 is 12.1 Å². The lowest BCUT2D eigenvalue weighted by molar-refractivity contribution is 0.0597. The number of carbonyl (C=O) groups excluding carboxylic acids is 1. The fourth-order valence-electron chi connectivity index (χ4n) is 2.56. The lowest BCUT2D eigenvalue weighted by Crippen LogP contribution is -2.34. The van der Waals surface area contributed by atoms with E-state index in [4.69, 9.17) is 27.9 Å². The molecule has 3 aromatic rings. The van der Waals surface area contributed by atoms with E-state index < -0.39 is 17.7 Å². The lowest BCUT2D eigenvalue weighted by Gasteiger charge is -2.27. The van der Waals surface area contributed by atoms with Gasteiger partial charge in [-0.25, -0.2) is 19.5 Å². The third-order valence-electron chi connectivity index (χ3n) is 3.87. The summed E-state index contributed by atoms with van der Waals surface area (Å²) < 4.78 is 5.53. The summed E-state index contributed by atoms with van der Waals surface area (Å²) >= 11 is 12.2. The number of pyridine rings is 1. The molecule has 0 saturated heterocycles. The molecule has 0 saturated carbocycles. The number of amides is 1. The van der Waals surface area contributed by atoms with Crippen molar-refractivity contribution in [2.24, 2.45) is 0 Å². The van der Waals surface area contributed by atoms with Crippen molar-refractivity contribution in [1.82, 2.24) is 15.0 Å². The zero-order chi connectivity index (χ0) is 22.8. The number of hydrogen-bond donors (Lipinski definition) is 1. The second kappa shape index (κ2) is 8.87. The molecule has 0 spiro atoms. The monoisotopic (exact) mass is 460 g/mol. The van der Waals surface area contributed by atoms with Gasteiger partial charge in [0, 0.05) is 18.0 Å². The second-order valence-electron chi connectivity index (χ2n) is 7.44. The molecular weight excluding hydrogens is 443 g/mol. The van der Waals surface area contributed by atoms with E-state index in [1.807, 2.05) is 0 Å². The van der Waals surface area contributed by atoms with Crippen LogP contribution in [0.15, 0.2) is 49.1 Å². The number of ether oxygens (including phenoxy) is 1. The standard InChI is InChI=1S/C21H18Cl2N4O4/c1-21(2,3)31-20(30)27(14-4-5-15(22)16(23)7-14)18-11-25-10-17(26-18)12-6-13(19(28)29)9-24-8-12/h4-11H,1-3H3,(H,28,29). The van der Waals surface area contributed by atoms with Crippen LogP contribution in [0.25, 0.3) is 11.3 Å². The number of hydrogen-bond acceptors (Lipinski definition) is 6. The third-order valence-corrected chi connectivity index (χ3v) is 4.61. The van der Waals surface area contributed by atoms with Crippen LogP contribution >= 0.6 is 23.2 Å². The SMILES string of the molecule is CC(C)(C)OC(=O)N(c1ccc(Cl)c(Cl)c1)c1cncc(-c2cncc(C(=O)O)c2)n1. The zero-order valence-electron chi connectivity index (χ0n) is 16.8. The smallest absolute Gasteiger partial charge is 0.420 e. The molecule has 8 nitrogen and oxygen atoms in total. The van der Waals surface area contributed by atoms with Gasteiger partial charge in [-0.3, -0.25) is 9.97 Å². The van der Waals surface area contributed by atoms with Gasteiger partial charge in [-0.2, -0.15) is 0 Å². The Morgan fingerprint density at radius 1 is 1.00 bits per heavy atom. The number of carbonyl (C=O) groups is 2. The van der Waals surface area contributed by atoms with Crippen molar-refractivity contribution in [3.8, 4) is 11.3 Å². The number of anilines is 2. The Balaban J connectivity index is 2.10. The number of rotatable bonds is 4. The Bertz CT molecular complexity index is 1150. The van der Waals surface area contributed by atoms with Gasteiger partial charge in [-0.15, -0.1) is 0 Å². The molecule has 1 aromatic carbocycles. The number of aromatic nitrogens is 3. The van der Waals surface area contributed by atoms with Gasteiger partial charge < -0.3 is 9.84 Å². The maximum absolute atomic E-state index is 13.0. The van der Waals surface area contributed by atoms with E-state index >= 15 is 0 Å². The van der Waals surface area contributed by atoms with Crippen LogP contribution in [0.2, 0.25) is 10.0 Å². The van der Waals surface area contributed by atoms with E-state index in [-0.39, 0.29) is 16.4 Å². The minimum atomic E-state index is -1.12. The number of nitrogens with zero attached hydrogens (tertiary/aromatic N) is 4. The third kappa shape index (κ3) is 5.48. The van der Waals surface area contributed by atoms with Crippen molar-refractivity contribution in [3.05, 3.63) is 64.7 Å². The summed E-state index contributed by atoms with van der Waals surface area (Å²) in [5.41, 5.74) is 0.344. The molecule has 10 heteroatoms. The predicted molar refractivity (Wildman–Crippen MR) is 117 cm³/mol. The molecule has 0 aliphatic heterocycles. The molecule has 1 amide bonds. The summed E-state index contributed by atoms with van der Waals surface area (Å²) in [6.07, 6.45) is 4.80. The van der Waals surface area contributed by atoms with Crippen molar-refractivity contribution >= 4 is 46.8 Å². The van der Waals surface area contributed by atoms with Crippen LogP contribution in [0.5, 0.6) is 0 Å². The van der Waals surface area contributed by atoms with Crippen LogP contribution < -0.4 is 4.90 Å². The van der Waals surface area contributed by atoms with Gasteiger partial charge in [-0.05, 0) is 45.0 Å². The summed E-state index contributed by atoms with van der Waals surface area (Å²) in [5, 5.41) is 9.78. The van der Waals surface area contributed by atoms with Crippen LogP contribution in [0, 0.1) is 0 Å². The molecule has 0 unspecified atom stereocenters. The second-order valence-corrected chi connectivity index (χ2v) is 8.26. The predicted octanol–water partition coefficient (Wildman–Crippen LogP) is 5.62. The maximum Gasteiger partial charge on any atom is 0.420 e. The van der Waals surface area contributed by atoms with Crippen molar-refractivity contribution in [2.75, 3.05) is 4.90 Å². The van der Waals surface area contributed by atoms with Crippen molar-refractivity contribution < 1.29 is 19.4 Å². The van der Waals surface area contributed by atoms with Crippen LogP contribution in [0.3, 0.4) is 0 Å². The minimum absolute atomic E-state index is 0.00168.